The normalized spacial score (nSPS) is 16.4. The van der Waals surface area contributed by atoms with Crippen LogP contribution in [0.15, 0.2) is 30.3 Å². The van der Waals surface area contributed by atoms with Crippen molar-refractivity contribution in [3.8, 4) is 0 Å². The van der Waals surface area contributed by atoms with Crippen molar-refractivity contribution in [2.45, 2.75) is 33.2 Å². The number of amides is 1. The maximum absolute atomic E-state index is 13.3. The summed E-state index contributed by atoms with van der Waals surface area (Å²) in [6.45, 7) is 6.22. The zero-order valence-electron chi connectivity index (χ0n) is 15.8. The molecule has 0 spiro atoms. The number of aromatic amines is 1. The van der Waals surface area contributed by atoms with Crippen LogP contribution in [0.5, 0.6) is 0 Å². The van der Waals surface area contributed by atoms with Gasteiger partial charge in [-0.25, -0.2) is 0 Å². The highest BCUT2D eigenvalue weighted by Gasteiger charge is 2.43. The van der Waals surface area contributed by atoms with E-state index in [1.54, 1.807) is 9.58 Å². The quantitative estimate of drug-likeness (QED) is 0.738. The van der Waals surface area contributed by atoms with Gasteiger partial charge in [0.05, 0.1) is 17.4 Å². The molecule has 3 heterocycles. The maximum atomic E-state index is 13.3. The highest BCUT2D eigenvalue weighted by atomic mass is 35.5. The maximum Gasteiger partial charge on any atom is 0.278 e. The Hall–Kier alpha value is -2.60. The Labute approximate surface area is 163 Å². The molecule has 1 atom stereocenters. The van der Waals surface area contributed by atoms with Gasteiger partial charge in [-0.15, -0.1) is 0 Å². The van der Waals surface area contributed by atoms with Crippen LogP contribution in [0.3, 0.4) is 0 Å². The summed E-state index contributed by atoms with van der Waals surface area (Å²) >= 11 is 6.10. The van der Waals surface area contributed by atoms with Crippen LogP contribution in [0.25, 0.3) is 0 Å². The van der Waals surface area contributed by atoms with E-state index in [9.17, 15) is 4.79 Å². The van der Waals surface area contributed by atoms with Gasteiger partial charge in [-0.2, -0.15) is 10.2 Å². The Bertz CT molecular complexity index is 1000. The molecule has 2 aromatic heterocycles. The number of halogens is 1. The zero-order chi connectivity index (χ0) is 19.3. The average molecular weight is 384 g/mol. The number of nitrogens with zero attached hydrogens (tertiary/aromatic N) is 4. The fourth-order valence-corrected chi connectivity index (χ4v) is 3.90. The molecule has 1 aliphatic rings. The molecule has 1 unspecified atom stereocenters. The van der Waals surface area contributed by atoms with Crippen molar-refractivity contribution in [3.63, 3.8) is 0 Å². The van der Waals surface area contributed by atoms with E-state index in [0.29, 0.717) is 16.6 Å². The minimum atomic E-state index is -0.257. The number of fused-ring (bicyclic) bond motifs is 1. The second-order valence-electron chi connectivity index (χ2n) is 7.45. The molecule has 0 fully saturated rings. The van der Waals surface area contributed by atoms with E-state index in [4.69, 9.17) is 11.6 Å². The number of carbonyl (C=O) groups is 1. The molecule has 4 rings (SSSR count). The predicted octanol–water partition coefficient (Wildman–Crippen LogP) is 4.05. The van der Waals surface area contributed by atoms with Crippen LogP contribution in [0.1, 0.15) is 52.9 Å². The standard InChI is InChI=1S/C20H22ClN5O/c1-11(2)9-15-17-18(23-22-15)20(27)26(16-10-12(3)24-25(16)4)19(17)13-5-7-14(21)8-6-13/h5-8,10-11,19H,9H2,1-4H3,(H,22,23). The van der Waals surface area contributed by atoms with Gasteiger partial charge in [0.2, 0.25) is 0 Å². The van der Waals surface area contributed by atoms with Crippen molar-refractivity contribution in [3.05, 3.63) is 63.6 Å². The number of carbonyl (C=O) groups excluding carboxylic acids is 1. The smallest absolute Gasteiger partial charge is 0.278 e. The summed E-state index contributed by atoms with van der Waals surface area (Å²) < 4.78 is 1.75. The fourth-order valence-electron chi connectivity index (χ4n) is 3.77. The molecule has 1 amide bonds. The third-order valence-electron chi connectivity index (χ3n) is 4.86. The molecular weight excluding hydrogens is 362 g/mol. The van der Waals surface area contributed by atoms with Gasteiger partial charge >= 0.3 is 0 Å². The van der Waals surface area contributed by atoms with E-state index in [1.165, 1.54) is 0 Å². The number of benzene rings is 1. The Morgan fingerprint density at radius 3 is 2.56 bits per heavy atom. The molecule has 7 heteroatoms. The molecule has 3 aromatic rings. The summed E-state index contributed by atoms with van der Waals surface area (Å²) in [7, 11) is 1.86. The van der Waals surface area contributed by atoms with Crippen molar-refractivity contribution in [1.82, 2.24) is 20.0 Å². The first kappa shape index (κ1) is 17.8. The predicted molar refractivity (Wildman–Crippen MR) is 105 cm³/mol. The van der Waals surface area contributed by atoms with Crippen molar-refractivity contribution in [2.75, 3.05) is 4.90 Å². The SMILES string of the molecule is Cc1cc(N2C(=O)c3[nH]nc(CC(C)C)c3C2c2ccc(Cl)cc2)n(C)n1. The number of nitrogens with one attached hydrogen (secondary N) is 1. The van der Waals surface area contributed by atoms with Gasteiger partial charge < -0.3 is 0 Å². The Morgan fingerprint density at radius 2 is 1.96 bits per heavy atom. The van der Waals surface area contributed by atoms with E-state index in [1.807, 2.05) is 44.3 Å². The Balaban J connectivity index is 1.91. The summed E-state index contributed by atoms with van der Waals surface area (Å²) in [5.74, 6) is 1.11. The van der Waals surface area contributed by atoms with E-state index in [-0.39, 0.29) is 11.9 Å². The van der Waals surface area contributed by atoms with Crippen LogP contribution in [0.2, 0.25) is 5.02 Å². The van der Waals surface area contributed by atoms with Crippen LogP contribution in [-0.4, -0.2) is 25.9 Å². The second-order valence-corrected chi connectivity index (χ2v) is 7.89. The van der Waals surface area contributed by atoms with Gasteiger partial charge in [0.1, 0.15) is 11.5 Å². The highest BCUT2D eigenvalue weighted by Crippen LogP contribution is 2.43. The third-order valence-corrected chi connectivity index (χ3v) is 5.11. The molecular formula is C20H22ClN5O. The molecule has 27 heavy (non-hydrogen) atoms. The van der Waals surface area contributed by atoms with Crippen LogP contribution in [0, 0.1) is 12.8 Å². The van der Waals surface area contributed by atoms with Crippen LogP contribution in [-0.2, 0) is 13.5 Å². The Morgan fingerprint density at radius 1 is 1.26 bits per heavy atom. The number of hydrogen-bond donors (Lipinski definition) is 1. The van der Waals surface area contributed by atoms with Gasteiger partial charge in [-0.05, 0) is 37.0 Å². The van der Waals surface area contributed by atoms with Gasteiger partial charge in [-0.3, -0.25) is 19.5 Å². The molecule has 140 valence electrons. The molecule has 1 aromatic carbocycles. The number of rotatable bonds is 4. The summed E-state index contributed by atoms with van der Waals surface area (Å²) in [5.41, 5.74) is 4.32. The molecule has 0 aliphatic carbocycles. The highest BCUT2D eigenvalue weighted by molar-refractivity contribution is 6.30. The van der Waals surface area contributed by atoms with Gasteiger partial charge in [-0.1, -0.05) is 37.6 Å². The van der Waals surface area contributed by atoms with Crippen molar-refractivity contribution >= 4 is 23.3 Å². The van der Waals surface area contributed by atoms with E-state index >= 15 is 0 Å². The van der Waals surface area contributed by atoms with Gasteiger partial charge in [0, 0.05) is 23.7 Å². The largest absolute Gasteiger partial charge is 0.280 e. The lowest BCUT2D eigenvalue weighted by atomic mass is 9.95. The Kier molecular flexibility index (Phi) is 4.30. The number of H-pyrrole nitrogens is 1. The van der Waals surface area contributed by atoms with Crippen molar-refractivity contribution in [2.24, 2.45) is 13.0 Å². The minimum Gasteiger partial charge on any atom is -0.280 e. The molecule has 6 nitrogen and oxygen atoms in total. The summed E-state index contributed by atoms with van der Waals surface area (Å²) in [4.78, 5) is 15.1. The monoisotopic (exact) mass is 383 g/mol. The number of aromatic nitrogens is 4. The fraction of sp³-hybridized carbons (Fsp3) is 0.350. The number of hydrogen-bond acceptors (Lipinski definition) is 3. The first-order chi connectivity index (χ1) is 12.9. The number of anilines is 1. The van der Waals surface area contributed by atoms with E-state index in [0.717, 1.165) is 34.8 Å². The van der Waals surface area contributed by atoms with Gasteiger partial charge in [0.25, 0.3) is 5.91 Å². The van der Waals surface area contributed by atoms with Gasteiger partial charge in [0.15, 0.2) is 0 Å². The first-order valence-corrected chi connectivity index (χ1v) is 9.41. The molecule has 0 saturated heterocycles. The zero-order valence-corrected chi connectivity index (χ0v) is 16.6. The minimum absolute atomic E-state index is 0.0875. The summed E-state index contributed by atoms with van der Waals surface area (Å²) in [5, 5.41) is 12.5. The lowest BCUT2D eigenvalue weighted by Crippen LogP contribution is -2.31. The first-order valence-electron chi connectivity index (χ1n) is 9.03. The second kappa shape index (κ2) is 6.53. The van der Waals surface area contributed by atoms with Crippen LogP contribution in [0.4, 0.5) is 5.82 Å². The van der Waals surface area contributed by atoms with Crippen LogP contribution >= 0.6 is 11.6 Å². The van der Waals surface area contributed by atoms with Crippen LogP contribution < -0.4 is 4.90 Å². The molecule has 0 radical (unpaired) electrons. The lowest BCUT2D eigenvalue weighted by molar-refractivity contribution is 0.0987. The lowest BCUT2D eigenvalue weighted by Gasteiger charge is -2.26. The number of aryl methyl sites for hydroxylation is 2. The molecule has 1 N–H and O–H groups in total. The molecule has 1 aliphatic heterocycles. The topological polar surface area (TPSA) is 66.8 Å². The molecule has 0 bridgehead atoms. The summed E-state index contributed by atoms with van der Waals surface area (Å²) in [6.07, 6.45) is 0.807. The van der Waals surface area contributed by atoms with E-state index < -0.39 is 0 Å². The average Bonchev–Trinajstić information content (AvgIpc) is 3.23. The van der Waals surface area contributed by atoms with E-state index in [2.05, 4.69) is 29.1 Å². The molecule has 0 saturated carbocycles. The third kappa shape index (κ3) is 2.94. The van der Waals surface area contributed by atoms with Crippen molar-refractivity contribution in [1.29, 1.82) is 0 Å². The van der Waals surface area contributed by atoms with Crippen molar-refractivity contribution < 1.29 is 4.79 Å². The summed E-state index contributed by atoms with van der Waals surface area (Å²) in [6, 6.07) is 9.33.